The van der Waals surface area contributed by atoms with E-state index >= 15 is 0 Å². The number of carbonyl (C=O) groups excluding carboxylic acids is 1. The highest BCUT2D eigenvalue weighted by atomic mass is 32.1. The summed E-state index contributed by atoms with van der Waals surface area (Å²) in [7, 11) is 0. The van der Waals surface area contributed by atoms with Crippen LogP contribution in [-0.2, 0) is 24.2 Å². The van der Waals surface area contributed by atoms with E-state index in [4.69, 9.17) is 4.74 Å². The number of hydrogen-bond acceptors (Lipinski definition) is 4. The molecule has 1 aromatic carbocycles. The van der Waals surface area contributed by atoms with Gasteiger partial charge >= 0.3 is 6.09 Å². The number of aryl methyl sites for hydroxylation is 1. The number of carbonyl (C=O) groups is 1. The number of anilines is 1. The Kier molecular flexibility index (Phi) is 4.40. The van der Waals surface area contributed by atoms with Crippen molar-refractivity contribution in [2.24, 2.45) is 0 Å². The summed E-state index contributed by atoms with van der Waals surface area (Å²) in [5, 5.41) is 12.7. The second-order valence-electron chi connectivity index (χ2n) is 5.21. The van der Waals surface area contributed by atoms with Crippen molar-refractivity contribution in [3.05, 3.63) is 51.9 Å². The monoisotopic (exact) mass is 312 g/mol. The summed E-state index contributed by atoms with van der Waals surface area (Å²) in [6.07, 6.45) is 3.66. The molecule has 4 nitrogen and oxygen atoms in total. The van der Waals surface area contributed by atoms with Crippen LogP contribution in [0.2, 0.25) is 0 Å². The van der Waals surface area contributed by atoms with Crippen molar-refractivity contribution in [3.63, 3.8) is 0 Å². The van der Waals surface area contributed by atoms with Crippen LogP contribution in [0.15, 0.2) is 30.3 Å². The molecule has 1 amide bonds. The first kappa shape index (κ1) is 14.6. The first-order chi connectivity index (χ1) is 10.8. The summed E-state index contributed by atoms with van der Waals surface area (Å²) in [5.41, 5.74) is 2.65. The van der Waals surface area contributed by atoms with Gasteiger partial charge in [-0.05, 0) is 36.8 Å². The zero-order valence-electron chi connectivity index (χ0n) is 12.1. The lowest BCUT2D eigenvalue weighted by Crippen LogP contribution is -2.13. The number of nitriles is 1. The minimum atomic E-state index is -0.515. The van der Waals surface area contributed by atoms with Crippen LogP contribution in [-0.4, -0.2) is 6.09 Å². The van der Waals surface area contributed by atoms with E-state index in [1.165, 1.54) is 16.2 Å². The van der Waals surface area contributed by atoms with Gasteiger partial charge in [0.05, 0.1) is 5.56 Å². The largest absolute Gasteiger partial charge is 0.444 e. The van der Waals surface area contributed by atoms with Gasteiger partial charge in [-0.15, -0.1) is 11.3 Å². The Balaban J connectivity index is 1.67. The standard InChI is InChI=1S/C17H16N2O2S/c18-10-14-13-8-4-5-9-15(13)22-16(14)19-17(20)21-11-12-6-2-1-3-7-12/h1-3,6-7H,4-5,8-9,11H2,(H,19,20). The van der Waals surface area contributed by atoms with E-state index in [0.717, 1.165) is 36.8 Å². The predicted molar refractivity (Wildman–Crippen MR) is 85.9 cm³/mol. The van der Waals surface area contributed by atoms with Gasteiger partial charge in [-0.25, -0.2) is 4.79 Å². The van der Waals surface area contributed by atoms with E-state index < -0.39 is 6.09 Å². The van der Waals surface area contributed by atoms with Gasteiger partial charge in [0.1, 0.15) is 17.7 Å². The molecule has 1 aliphatic carbocycles. The molecule has 0 aliphatic heterocycles. The Hall–Kier alpha value is -2.32. The van der Waals surface area contributed by atoms with Crippen LogP contribution in [0.5, 0.6) is 0 Å². The Labute approximate surface area is 133 Å². The average molecular weight is 312 g/mol. The molecule has 0 unspecified atom stereocenters. The summed E-state index contributed by atoms with van der Waals surface area (Å²) < 4.78 is 5.21. The van der Waals surface area contributed by atoms with Gasteiger partial charge in [-0.2, -0.15) is 5.26 Å². The number of ether oxygens (including phenoxy) is 1. The Bertz CT molecular complexity index is 716. The summed E-state index contributed by atoms with van der Waals surface area (Å²) >= 11 is 1.50. The molecule has 0 saturated carbocycles. The quantitative estimate of drug-likeness (QED) is 0.921. The molecule has 0 fully saturated rings. The molecule has 2 aromatic rings. The summed E-state index contributed by atoms with van der Waals surface area (Å²) in [6, 6.07) is 11.7. The van der Waals surface area contributed by atoms with Crippen LogP contribution in [0.4, 0.5) is 9.80 Å². The normalized spacial score (nSPS) is 13.0. The fraction of sp³-hybridized carbons (Fsp3) is 0.294. The number of nitrogens with zero attached hydrogens (tertiary/aromatic N) is 1. The molecule has 3 rings (SSSR count). The third-order valence-electron chi connectivity index (χ3n) is 3.71. The number of thiophene rings is 1. The number of fused-ring (bicyclic) bond motifs is 1. The summed E-state index contributed by atoms with van der Waals surface area (Å²) in [5.74, 6) is 0. The van der Waals surface area contributed by atoms with Crippen LogP contribution in [0.25, 0.3) is 0 Å². The van der Waals surface area contributed by atoms with Gasteiger partial charge in [-0.1, -0.05) is 30.3 Å². The van der Waals surface area contributed by atoms with Crippen molar-refractivity contribution >= 4 is 22.4 Å². The third-order valence-corrected chi connectivity index (χ3v) is 4.92. The molecule has 5 heteroatoms. The minimum absolute atomic E-state index is 0.222. The highest BCUT2D eigenvalue weighted by Crippen LogP contribution is 2.37. The van der Waals surface area contributed by atoms with Crippen LogP contribution in [0.3, 0.4) is 0 Å². The van der Waals surface area contributed by atoms with Crippen molar-refractivity contribution in [1.29, 1.82) is 5.26 Å². The summed E-state index contributed by atoms with van der Waals surface area (Å²) in [4.78, 5) is 13.2. The molecule has 1 aromatic heterocycles. The smallest absolute Gasteiger partial charge is 0.412 e. The van der Waals surface area contributed by atoms with Crippen molar-refractivity contribution in [3.8, 4) is 6.07 Å². The molecule has 1 heterocycles. The van der Waals surface area contributed by atoms with Crippen molar-refractivity contribution in [2.45, 2.75) is 32.3 Å². The van der Waals surface area contributed by atoms with Gasteiger partial charge in [0.2, 0.25) is 0 Å². The topological polar surface area (TPSA) is 62.1 Å². The Morgan fingerprint density at radius 3 is 2.82 bits per heavy atom. The van der Waals surface area contributed by atoms with Crippen molar-refractivity contribution in [1.82, 2.24) is 0 Å². The van der Waals surface area contributed by atoms with E-state index in [9.17, 15) is 10.1 Å². The van der Waals surface area contributed by atoms with Crippen LogP contribution in [0.1, 0.15) is 34.4 Å². The van der Waals surface area contributed by atoms with Crippen molar-refractivity contribution < 1.29 is 9.53 Å². The maximum Gasteiger partial charge on any atom is 0.412 e. The SMILES string of the molecule is N#Cc1c(NC(=O)OCc2ccccc2)sc2c1CCCC2. The lowest BCUT2D eigenvalue weighted by Gasteiger charge is -2.09. The second-order valence-corrected chi connectivity index (χ2v) is 6.32. The number of rotatable bonds is 3. The molecule has 1 N–H and O–H groups in total. The number of amides is 1. The molecular weight excluding hydrogens is 296 g/mol. The lowest BCUT2D eigenvalue weighted by atomic mass is 9.96. The molecule has 0 atom stereocenters. The van der Waals surface area contributed by atoms with E-state index in [1.807, 2.05) is 30.3 Å². The van der Waals surface area contributed by atoms with Gasteiger partial charge < -0.3 is 4.74 Å². The van der Waals surface area contributed by atoms with Gasteiger partial charge in [0.25, 0.3) is 0 Å². The highest BCUT2D eigenvalue weighted by Gasteiger charge is 2.22. The summed E-state index contributed by atoms with van der Waals surface area (Å²) in [6.45, 7) is 0.222. The highest BCUT2D eigenvalue weighted by molar-refractivity contribution is 7.16. The maximum absolute atomic E-state index is 11.9. The molecule has 1 aliphatic rings. The first-order valence-electron chi connectivity index (χ1n) is 7.30. The van der Waals surface area contributed by atoms with Gasteiger partial charge in [-0.3, -0.25) is 5.32 Å². The predicted octanol–water partition coefficient (Wildman–Crippen LogP) is 4.25. The Morgan fingerprint density at radius 1 is 1.27 bits per heavy atom. The van der Waals surface area contributed by atoms with Crippen LogP contribution >= 0.6 is 11.3 Å². The molecule has 0 radical (unpaired) electrons. The van der Waals surface area contributed by atoms with E-state index in [-0.39, 0.29) is 6.61 Å². The first-order valence-corrected chi connectivity index (χ1v) is 8.12. The Morgan fingerprint density at radius 2 is 2.05 bits per heavy atom. The number of nitrogens with one attached hydrogen (secondary N) is 1. The molecule has 22 heavy (non-hydrogen) atoms. The third kappa shape index (κ3) is 3.12. The van der Waals surface area contributed by atoms with E-state index in [0.29, 0.717) is 10.6 Å². The minimum Gasteiger partial charge on any atom is -0.444 e. The average Bonchev–Trinajstić information content (AvgIpc) is 2.91. The van der Waals surface area contributed by atoms with Crippen LogP contribution < -0.4 is 5.32 Å². The van der Waals surface area contributed by atoms with Crippen LogP contribution in [0, 0.1) is 11.3 Å². The van der Waals surface area contributed by atoms with E-state index in [1.54, 1.807) is 0 Å². The molecule has 112 valence electrons. The van der Waals surface area contributed by atoms with Gasteiger partial charge in [0.15, 0.2) is 0 Å². The fourth-order valence-electron chi connectivity index (χ4n) is 2.62. The molecule has 0 spiro atoms. The maximum atomic E-state index is 11.9. The lowest BCUT2D eigenvalue weighted by molar-refractivity contribution is 0.155. The zero-order valence-corrected chi connectivity index (χ0v) is 12.9. The second kappa shape index (κ2) is 6.63. The number of benzene rings is 1. The molecule has 0 saturated heterocycles. The van der Waals surface area contributed by atoms with Gasteiger partial charge in [0, 0.05) is 4.88 Å². The fourth-order valence-corrected chi connectivity index (χ4v) is 3.85. The van der Waals surface area contributed by atoms with E-state index in [2.05, 4.69) is 11.4 Å². The molecule has 0 bridgehead atoms. The zero-order chi connectivity index (χ0) is 15.4. The number of hydrogen-bond donors (Lipinski definition) is 1. The van der Waals surface area contributed by atoms with Crippen molar-refractivity contribution in [2.75, 3.05) is 5.32 Å². The molecular formula is C17H16N2O2S.